The minimum atomic E-state index is -2.30. The number of allylic oxidation sites excluding steroid dienone is 2. The van der Waals surface area contributed by atoms with Gasteiger partial charge in [-0.2, -0.15) is 0 Å². The Balaban J connectivity index is 0.00000144. The second-order valence-corrected chi connectivity index (χ2v) is 31.4. The van der Waals surface area contributed by atoms with E-state index < -0.39 is 18.9 Å². The molecular formula is C27H31Cl2OSiZr. The first-order valence-corrected chi connectivity index (χ1v) is 23.2. The SMILES string of the molecule is Cl.Cl.[CH3][Zr]([CH3])(=[SiH2])[CH]1c2ccccc2-c2cccc(C3C=C(CCCO)c4ccccc43)c21. The van der Waals surface area contributed by atoms with E-state index in [2.05, 4.69) is 88.9 Å². The number of benzene rings is 3. The quantitative estimate of drug-likeness (QED) is 0.344. The van der Waals surface area contributed by atoms with Crippen LogP contribution in [-0.2, 0) is 18.9 Å². The summed E-state index contributed by atoms with van der Waals surface area (Å²) in [5, 5.41) is 9.39. The molecule has 2 atom stereocenters. The summed E-state index contributed by atoms with van der Waals surface area (Å²) in [6.07, 6.45) is 4.26. The Morgan fingerprint density at radius 3 is 2.06 bits per heavy atom. The van der Waals surface area contributed by atoms with Gasteiger partial charge < -0.3 is 0 Å². The summed E-state index contributed by atoms with van der Waals surface area (Å²) in [4.78, 5) is 0. The first-order valence-electron chi connectivity index (χ1n) is 11.0. The molecule has 3 aromatic carbocycles. The number of halogens is 2. The summed E-state index contributed by atoms with van der Waals surface area (Å²) in [5.74, 6) is 0.318. The van der Waals surface area contributed by atoms with Crippen LogP contribution in [0.15, 0.2) is 72.8 Å². The van der Waals surface area contributed by atoms with E-state index in [0.29, 0.717) is 9.54 Å². The van der Waals surface area contributed by atoms with Crippen molar-refractivity contribution < 1.29 is 24.0 Å². The Morgan fingerprint density at radius 1 is 0.781 bits per heavy atom. The van der Waals surface area contributed by atoms with Crippen LogP contribution in [0.3, 0.4) is 0 Å². The summed E-state index contributed by atoms with van der Waals surface area (Å²) in [6.45, 7) is 2.58. The number of rotatable bonds is 5. The van der Waals surface area contributed by atoms with Gasteiger partial charge in [0.25, 0.3) is 0 Å². The molecule has 167 valence electrons. The molecule has 1 N–H and O–H groups in total. The number of hydrogen-bond acceptors (Lipinski definition) is 1. The predicted octanol–water partition coefficient (Wildman–Crippen LogP) is 6.70. The van der Waals surface area contributed by atoms with Gasteiger partial charge in [0, 0.05) is 0 Å². The van der Waals surface area contributed by atoms with E-state index in [0.717, 1.165) is 12.8 Å². The van der Waals surface area contributed by atoms with Crippen LogP contribution < -0.4 is 0 Å². The van der Waals surface area contributed by atoms with Crippen LogP contribution in [0.5, 0.6) is 0 Å². The molecule has 0 heterocycles. The van der Waals surface area contributed by atoms with Crippen molar-refractivity contribution in [2.75, 3.05) is 6.61 Å². The standard InChI is InChI=1S/C25H21O.2CH3.2ClH.H2Si.Zr/c26-14-6-8-18-16-24(21-11-4-3-10-20(18)21)23-13-5-12-22-19-9-2-1-7-17(19)15-25(22)23;;;;;;/h1-5,7,9-13,15-16,24,26H,6,8,14H2;2*1H3;2*1H;1H2;. The van der Waals surface area contributed by atoms with Gasteiger partial charge in [-0.25, -0.2) is 0 Å². The van der Waals surface area contributed by atoms with E-state index in [9.17, 15) is 5.11 Å². The van der Waals surface area contributed by atoms with E-state index in [1.54, 1.807) is 11.1 Å². The van der Waals surface area contributed by atoms with Gasteiger partial charge in [-0.05, 0) is 0 Å². The molecule has 5 rings (SSSR count). The Morgan fingerprint density at radius 2 is 1.38 bits per heavy atom. The van der Waals surface area contributed by atoms with Crippen molar-refractivity contribution in [3.8, 4) is 11.1 Å². The Labute approximate surface area is 209 Å². The summed E-state index contributed by atoms with van der Waals surface area (Å²) in [6, 6.07) is 25.0. The molecule has 2 aliphatic rings. The molecule has 0 fully saturated rings. The van der Waals surface area contributed by atoms with E-state index >= 15 is 0 Å². The average molecular weight is 562 g/mol. The molecule has 0 amide bonds. The van der Waals surface area contributed by atoms with Crippen LogP contribution >= 0.6 is 24.8 Å². The fourth-order valence-electron chi connectivity index (χ4n) is 5.56. The average Bonchev–Trinajstić information content (AvgIpc) is 3.28. The molecule has 5 heteroatoms. The molecule has 0 radical (unpaired) electrons. The first kappa shape index (κ1) is 25.7. The van der Waals surface area contributed by atoms with E-state index in [-0.39, 0.29) is 31.4 Å². The molecular weight excluding hydrogens is 531 g/mol. The Bertz CT molecular complexity index is 1210. The van der Waals surface area contributed by atoms with Gasteiger partial charge in [-0.1, -0.05) is 0 Å². The minimum absolute atomic E-state index is 0. The molecule has 3 aromatic rings. The fourth-order valence-corrected chi connectivity index (χ4v) is 13.5. The van der Waals surface area contributed by atoms with Gasteiger partial charge in [-0.3, -0.25) is 0 Å². The topological polar surface area (TPSA) is 20.2 Å². The second kappa shape index (κ2) is 10.1. The normalized spacial score (nSPS) is 18.0. The van der Waals surface area contributed by atoms with Crippen molar-refractivity contribution in [1.29, 1.82) is 0 Å². The van der Waals surface area contributed by atoms with Gasteiger partial charge in [0.15, 0.2) is 0 Å². The fraction of sp³-hybridized carbons (Fsp3) is 0.259. The third kappa shape index (κ3) is 4.28. The number of fused-ring (bicyclic) bond motifs is 4. The predicted molar refractivity (Wildman–Crippen MR) is 141 cm³/mol. The maximum atomic E-state index is 9.39. The van der Waals surface area contributed by atoms with Crippen LogP contribution in [0.4, 0.5) is 0 Å². The van der Waals surface area contributed by atoms with E-state index in [4.69, 9.17) is 0 Å². The van der Waals surface area contributed by atoms with E-state index in [1.165, 1.54) is 33.4 Å². The molecule has 2 aliphatic carbocycles. The molecule has 0 aliphatic heterocycles. The molecule has 1 nitrogen and oxygen atoms in total. The van der Waals surface area contributed by atoms with Gasteiger partial charge in [0.1, 0.15) is 0 Å². The second-order valence-electron chi connectivity index (χ2n) is 9.40. The van der Waals surface area contributed by atoms with Gasteiger partial charge in [-0.15, -0.1) is 24.8 Å². The van der Waals surface area contributed by atoms with Crippen molar-refractivity contribution in [3.63, 3.8) is 0 Å². The van der Waals surface area contributed by atoms with E-state index in [1.807, 2.05) is 0 Å². The number of aliphatic hydroxyl groups is 1. The van der Waals surface area contributed by atoms with Gasteiger partial charge >= 0.3 is 186 Å². The van der Waals surface area contributed by atoms with Crippen molar-refractivity contribution in [2.45, 2.75) is 31.6 Å². The third-order valence-electron chi connectivity index (χ3n) is 6.72. The van der Waals surface area contributed by atoms with Crippen LogP contribution in [-0.4, -0.2) is 18.6 Å². The first-order chi connectivity index (χ1) is 14.5. The van der Waals surface area contributed by atoms with Crippen molar-refractivity contribution in [1.82, 2.24) is 0 Å². The number of aliphatic hydroxyl groups excluding tert-OH is 1. The van der Waals surface area contributed by atoms with Gasteiger partial charge in [0.05, 0.1) is 0 Å². The van der Waals surface area contributed by atoms with Crippen LogP contribution in [0.2, 0.25) is 9.26 Å². The van der Waals surface area contributed by atoms with Crippen molar-refractivity contribution in [2.24, 2.45) is 0 Å². The zero-order chi connectivity index (χ0) is 20.9. The zero-order valence-corrected chi connectivity index (χ0v) is 24.2. The molecule has 0 saturated heterocycles. The third-order valence-corrected chi connectivity index (χ3v) is 14.5. The summed E-state index contributed by atoms with van der Waals surface area (Å²) < 4.78 is 5.79. The Kier molecular flexibility index (Phi) is 8.11. The zero-order valence-electron chi connectivity index (χ0n) is 18.7. The molecule has 0 aromatic heterocycles. The summed E-state index contributed by atoms with van der Waals surface area (Å²) in [7, 11) is 0. The van der Waals surface area contributed by atoms with Crippen molar-refractivity contribution >= 4 is 37.3 Å². The number of hydrogen-bond donors (Lipinski definition) is 1. The molecule has 0 spiro atoms. The molecule has 0 bridgehead atoms. The van der Waals surface area contributed by atoms with Crippen LogP contribution in [0, 0.1) is 0 Å². The molecule has 0 saturated carbocycles. The monoisotopic (exact) mass is 559 g/mol. The van der Waals surface area contributed by atoms with Crippen molar-refractivity contribution in [3.05, 3.63) is 101 Å². The van der Waals surface area contributed by atoms with Crippen LogP contribution in [0.1, 0.15) is 50.2 Å². The molecule has 2 unspecified atom stereocenters. The molecule has 32 heavy (non-hydrogen) atoms. The van der Waals surface area contributed by atoms with Crippen LogP contribution in [0.25, 0.3) is 16.7 Å². The maximum absolute atomic E-state index is 9.39. The summed E-state index contributed by atoms with van der Waals surface area (Å²) >= 11 is -2.30. The summed E-state index contributed by atoms with van der Waals surface area (Å²) in [5.41, 5.74) is 11.8. The Hall–Kier alpha value is -0.960. The van der Waals surface area contributed by atoms with Gasteiger partial charge in [0.2, 0.25) is 0 Å².